The molecule has 0 heterocycles. The zero-order valence-electron chi connectivity index (χ0n) is 11.2. The summed E-state index contributed by atoms with van der Waals surface area (Å²) in [7, 11) is 0. The summed E-state index contributed by atoms with van der Waals surface area (Å²) < 4.78 is 0. The molecule has 0 saturated heterocycles. The van der Waals surface area contributed by atoms with Crippen LogP contribution in [0.15, 0.2) is 4.99 Å². The van der Waals surface area contributed by atoms with Gasteiger partial charge in [-0.05, 0) is 56.3 Å². The lowest BCUT2D eigenvalue weighted by molar-refractivity contribution is 0.307. The molecule has 0 aromatic carbocycles. The first-order valence-electron chi connectivity index (χ1n) is 7.32. The van der Waals surface area contributed by atoms with E-state index in [2.05, 4.69) is 10.3 Å². The highest BCUT2D eigenvalue weighted by molar-refractivity contribution is 14.0. The highest BCUT2D eigenvalue weighted by atomic mass is 127. The highest BCUT2D eigenvalue weighted by Crippen LogP contribution is 2.54. The monoisotopic (exact) mass is 363 g/mol. The van der Waals surface area contributed by atoms with Crippen LogP contribution in [0.1, 0.15) is 57.8 Å². The van der Waals surface area contributed by atoms with E-state index in [-0.39, 0.29) is 24.0 Å². The van der Waals surface area contributed by atoms with E-state index in [1.54, 1.807) is 0 Å². The lowest BCUT2D eigenvalue weighted by atomic mass is 9.84. The van der Waals surface area contributed by atoms with Crippen molar-refractivity contribution in [3.05, 3.63) is 0 Å². The van der Waals surface area contributed by atoms with Crippen LogP contribution in [0, 0.1) is 11.3 Å². The molecule has 3 nitrogen and oxygen atoms in total. The van der Waals surface area contributed by atoms with Gasteiger partial charge in [-0.1, -0.05) is 12.8 Å². The normalized spacial score (nSPS) is 35.8. The van der Waals surface area contributed by atoms with Gasteiger partial charge in [0.15, 0.2) is 5.96 Å². The second kappa shape index (κ2) is 5.97. The van der Waals surface area contributed by atoms with Crippen molar-refractivity contribution in [2.24, 2.45) is 22.1 Å². The number of hydrogen-bond donors (Lipinski definition) is 2. The summed E-state index contributed by atoms with van der Waals surface area (Å²) in [6.45, 7) is 0.967. The molecule has 3 aliphatic rings. The van der Waals surface area contributed by atoms with Gasteiger partial charge in [-0.25, -0.2) is 0 Å². The number of nitrogens with two attached hydrogens (primary N) is 1. The molecule has 0 atom stereocenters. The van der Waals surface area contributed by atoms with Gasteiger partial charge in [0.05, 0.1) is 0 Å². The Labute approximate surface area is 127 Å². The fourth-order valence-electron chi connectivity index (χ4n) is 4.11. The van der Waals surface area contributed by atoms with Crippen LogP contribution in [0.4, 0.5) is 0 Å². The van der Waals surface area contributed by atoms with E-state index < -0.39 is 0 Å². The van der Waals surface area contributed by atoms with Crippen molar-refractivity contribution in [2.45, 2.75) is 63.8 Å². The summed E-state index contributed by atoms with van der Waals surface area (Å²) in [5.74, 6) is 1.70. The van der Waals surface area contributed by atoms with Gasteiger partial charge in [0, 0.05) is 12.6 Å². The minimum atomic E-state index is 0. The molecular weight excluding hydrogens is 337 g/mol. The van der Waals surface area contributed by atoms with Gasteiger partial charge in [0.2, 0.25) is 0 Å². The number of halogens is 1. The van der Waals surface area contributed by atoms with Crippen molar-refractivity contribution < 1.29 is 0 Å². The minimum Gasteiger partial charge on any atom is -0.370 e. The van der Waals surface area contributed by atoms with Crippen LogP contribution in [-0.4, -0.2) is 18.5 Å². The number of aliphatic imine (C=N–C) groups is 1. The minimum absolute atomic E-state index is 0. The summed E-state index contributed by atoms with van der Waals surface area (Å²) in [5.41, 5.74) is 6.53. The van der Waals surface area contributed by atoms with Gasteiger partial charge < -0.3 is 11.1 Å². The maximum atomic E-state index is 6.00. The predicted molar refractivity (Wildman–Crippen MR) is 86.3 cm³/mol. The summed E-state index contributed by atoms with van der Waals surface area (Å²) in [6, 6.07) is 0.594. The molecule has 0 amide bonds. The SMILES string of the molecule is I.NC(=NCC12CCC(CC1)C2)NC1CCCC1. The Balaban J connectivity index is 0.00000120. The fourth-order valence-corrected chi connectivity index (χ4v) is 4.11. The summed E-state index contributed by atoms with van der Waals surface area (Å²) in [4.78, 5) is 4.62. The standard InChI is InChI=1S/C14H25N3.HI/c15-13(17-12-3-1-2-4-12)16-10-14-7-5-11(9-14)6-8-14;/h11-12H,1-10H2,(H3,15,16,17);1H. The van der Waals surface area contributed by atoms with Crippen LogP contribution < -0.4 is 11.1 Å². The van der Waals surface area contributed by atoms with E-state index in [1.807, 2.05) is 0 Å². The van der Waals surface area contributed by atoms with E-state index in [0.717, 1.165) is 12.5 Å². The molecule has 0 aromatic heterocycles. The average Bonchev–Trinajstić information content (AvgIpc) is 3.03. The smallest absolute Gasteiger partial charge is 0.188 e. The van der Waals surface area contributed by atoms with Crippen LogP contribution in [0.25, 0.3) is 0 Å². The first-order valence-corrected chi connectivity index (χ1v) is 7.32. The molecule has 3 saturated carbocycles. The largest absolute Gasteiger partial charge is 0.370 e. The number of guanidine groups is 1. The molecule has 0 aliphatic heterocycles. The maximum absolute atomic E-state index is 6.00. The van der Waals surface area contributed by atoms with Gasteiger partial charge >= 0.3 is 0 Å². The van der Waals surface area contributed by atoms with Crippen molar-refractivity contribution in [3.8, 4) is 0 Å². The number of rotatable bonds is 3. The van der Waals surface area contributed by atoms with Gasteiger partial charge in [0.25, 0.3) is 0 Å². The van der Waals surface area contributed by atoms with Gasteiger partial charge in [0.1, 0.15) is 0 Å². The van der Waals surface area contributed by atoms with Crippen LogP contribution in [0.5, 0.6) is 0 Å². The molecule has 3 aliphatic carbocycles. The van der Waals surface area contributed by atoms with Crippen LogP contribution in [0.3, 0.4) is 0 Å². The van der Waals surface area contributed by atoms with Crippen molar-refractivity contribution >= 4 is 29.9 Å². The molecule has 18 heavy (non-hydrogen) atoms. The predicted octanol–water partition coefficient (Wildman–Crippen LogP) is 3.03. The second-order valence-electron chi connectivity index (χ2n) is 6.47. The molecular formula is C14H26IN3. The Kier molecular flexibility index (Phi) is 4.78. The topological polar surface area (TPSA) is 50.4 Å². The third-order valence-corrected chi connectivity index (χ3v) is 5.18. The van der Waals surface area contributed by atoms with Gasteiger partial charge in [-0.2, -0.15) is 0 Å². The fraction of sp³-hybridized carbons (Fsp3) is 0.929. The average molecular weight is 363 g/mol. The van der Waals surface area contributed by atoms with E-state index in [0.29, 0.717) is 17.4 Å². The van der Waals surface area contributed by atoms with Gasteiger partial charge in [-0.3, -0.25) is 4.99 Å². The van der Waals surface area contributed by atoms with Crippen LogP contribution >= 0.6 is 24.0 Å². The molecule has 0 spiro atoms. The van der Waals surface area contributed by atoms with E-state index >= 15 is 0 Å². The van der Waals surface area contributed by atoms with Crippen LogP contribution in [-0.2, 0) is 0 Å². The Morgan fingerprint density at radius 2 is 1.83 bits per heavy atom. The van der Waals surface area contributed by atoms with Crippen molar-refractivity contribution in [2.75, 3.05) is 6.54 Å². The van der Waals surface area contributed by atoms with E-state index in [9.17, 15) is 0 Å². The first-order chi connectivity index (χ1) is 8.26. The van der Waals surface area contributed by atoms with E-state index in [1.165, 1.54) is 57.8 Å². The van der Waals surface area contributed by atoms with E-state index in [4.69, 9.17) is 5.73 Å². The lowest BCUT2D eigenvalue weighted by Gasteiger charge is -2.24. The third-order valence-electron chi connectivity index (χ3n) is 5.18. The summed E-state index contributed by atoms with van der Waals surface area (Å²) in [5, 5.41) is 3.39. The number of nitrogens with zero attached hydrogens (tertiary/aromatic N) is 1. The van der Waals surface area contributed by atoms with Crippen LogP contribution in [0.2, 0.25) is 0 Å². The molecule has 4 heteroatoms. The van der Waals surface area contributed by atoms with Crippen molar-refractivity contribution in [3.63, 3.8) is 0 Å². The summed E-state index contributed by atoms with van der Waals surface area (Å²) in [6.07, 6.45) is 12.3. The first kappa shape index (κ1) is 14.4. The molecule has 0 aromatic rings. The highest BCUT2D eigenvalue weighted by Gasteiger charge is 2.44. The number of nitrogens with one attached hydrogen (secondary N) is 1. The Morgan fingerprint density at radius 1 is 1.17 bits per heavy atom. The van der Waals surface area contributed by atoms with Crippen molar-refractivity contribution in [1.82, 2.24) is 5.32 Å². The van der Waals surface area contributed by atoms with Gasteiger partial charge in [-0.15, -0.1) is 24.0 Å². The Morgan fingerprint density at radius 3 is 2.39 bits per heavy atom. The molecule has 3 N–H and O–H groups in total. The second-order valence-corrected chi connectivity index (χ2v) is 6.47. The third kappa shape index (κ3) is 3.11. The number of hydrogen-bond acceptors (Lipinski definition) is 1. The molecule has 2 bridgehead atoms. The number of fused-ring (bicyclic) bond motifs is 2. The molecule has 0 radical (unpaired) electrons. The molecule has 104 valence electrons. The van der Waals surface area contributed by atoms with Crippen molar-refractivity contribution in [1.29, 1.82) is 0 Å². The summed E-state index contributed by atoms with van der Waals surface area (Å²) >= 11 is 0. The molecule has 3 fully saturated rings. The quantitative estimate of drug-likeness (QED) is 0.460. The maximum Gasteiger partial charge on any atom is 0.188 e. The molecule has 0 unspecified atom stereocenters. The molecule has 3 rings (SSSR count). The zero-order chi connectivity index (χ0) is 11.7. The Hall–Kier alpha value is 0. The Bertz CT molecular complexity index is 302. The zero-order valence-corrected chi connectivity index (χ0v) is 13.5. The lowest BCUT2D eigenvalue weighted by Crippen LogP contribution is -2.39.